The Hall–Kier alpha value is -1.99. The fourth-order valence-corrected chi connectivity index (χ4v) is 1.78. The molecular formula is C11H11ClN4O3. The number of aryl methyl sites for hydroxylation is 1. The Morgan fingerprint density at radius 3 is 2.89 bits per heavy atom. The number of rotatable bonds is 5. The molecular weight excluding hydrogens is 272 g/mol. The highest BCUT2D eigenvalue weighted by atomic mass is 35.5. The van der Waals surface area contributed by atoms with E-state index in [2.05, 4.69) is 15.5 Å². The van der Waals surface area contributed by atoms with Crippen molar-refractivity contribution in [2.24, 2.45) is 0 Å². The van der Waals surface area contributed by atoms with Crippen LogP contribution in [0.4, 0.5) is 5.69 Å². The first-order valence-corrected chi connectivity index (χ1v) is 5.87. The molecule has 2 aromatic rings. The molecule has 1 heterocycles. The molecule has 0 aliphatic rings. The lowest BCUT2D eigenvalue weighted by Gasteiger charge is -2.04. The molecule has 0 amide bonds. The number of nitrogens with zero attached hydrogens (tertiary/aromatic N) is 3. The van der Waals surface area contributed by atoms with Gasteiger partial charge in [-0.1, -0.05) is 16.8 Å². The molecule has 0 atom stereocenters. The number of nitro groups is 1. The third-order valence-corrected chi connectivity index (χ3v) is 2.63. The van der Waals surface area contributed by atoms with Gasteiger partial charge in [-0.25, -0.2) is 0 Å². The van der Waals surface area contributed by atoms with Gasteiger partial charge in [0.15, 0.2) is 5.82 Å². The third-order valence-electron chi connectivity index (χ3n) is 2.40. The van der Waals surface area contributed by atoms with Gasteiger partial charge in [-0.3, -0.25) is 10.1 Å². The maximum atomic E-state index is 10.9. The van der Waals surface area contributed by atoms with Gasteiger partial charge in [0.25, 0.3) is 5.69 Å². The fraction of sp³-hybridized carbons (Fsp3) is 0.273. The second-order valence-electron chi connectivity index (χ2n) is 3.87. The maximum Gasteiger partial charge on any atom is 0.273 e. The van der Waals surface area contributed by atoms with Crippen LogP contribution in [0.25, 0.3) is 0 Å². The molecule has 8 heteroatoms. The average molecular weight is 283 g/mol. The van der Waals surface area contributed by atoms with Gasteiger partial charge < -0.3 is 9.84 Å². The first-order chi connectivity index (χ1) is 9.06. The minimum atomic E-state index is -0.440. The van der Waals surface area contributed by atoms with E-state index >= 15 is 0 Å². The highest BCUT2D eigenvalue weighted by Gasteiger charge is 2.13. The van der Waals surface area contributed by atoms with E-state index < -0.39 is 4.92 Å². The van der Waals surface area contributed by atoms with Crippen LogP contribution in [0, 0.1) is 17.0 Å². The van der Waals surface area contributed by atoms with Crippen molar-refractivity contribution in [2.45, 2.75) is 20.0 Å². The lowest BCUT2D eigenvalue weighted by atomic mass is 10.2. The van der Waals surface area contributed by atoms with Gasteiger partial charge in [0, 0.05) is 23.2 Å². The Balaban J connectivity index is 2.02. The largest absolute Gasteiger partial charge is 0.338 e. The van der Waals surface area contributed by atoms with Crippen LogP contribution in [0.15, 0.2) is 22.7 Å². The number of nitrogens with one attached hydrogen (secondary N) is 1. The number of aromatic nitrogens is 2. The summed E-state index contributed by atoms with van der Waals surface area (Å²) < 4.78 is 4.92. The number of nitro benzene ring substituents is 1. The van der Waals surface area contributed by atoms with Crippen LogP contribution in [-0.2, 0) is 13.1 Å². The number of hydrogen-bond donors (Lipinski definition) is 1. The van der Waals surface area contributed by atoms with E-state index in [-0.39, 0.29) is 12.2 Å². The summed E-state index contributed by atoms with van der Waals surface area (Å²) in [4.78, 5) is 14.4. The molecule has 0 fully saturated rings. The zero-order valence-electron chi connectivity index (χ0n) is 10.1. The molecule has 1 aromatic carbocycles. The number of hydrogen-bond acceptors (Lipinski definition) is 6. The molecule has 1 aromatic heterocycles. The Labute approximate surface area is 113 Å². The second-order valence-corrected chi connectivity index (χ2v) is 4.31. The van der Waals surface area contributed by atoms with Crippen LogP contribution < -0.4 is 5.32 Å². The van der Waals surface area contributed by atoms with Crippen molar-refractivity contribution < 1.29 is 9.45 Å². The highest BCUT2D eigenvalue weighted by molar-refractivity contribution is 6.30. The zero-order chi connectivity index (χ0) is 13.8. The van der Waals surface area contributed by atoms with E-state index in [9.17, 15) is 10.1 Å². The van der Waals surface area contributed by atoms with Crippen LogP contribution >= 0.6 is 11.6 Å². The lowest BCUT2D eigenvalue weighted by Crippen LogP contribution is -2.14. The molecule has 7 nitrogen and oxygen atoms in total. The standard InChI is InChI=1S/C11H11ClN4O3/c1-7-14-11(19-15-7)6-13-5-8-4-9(12)2-3-10(8)16(17)18/h2-4,13H,5-6H2,1H3. The van der Waals surface area contributed by atoms with Crippen LogP contribution in [0.2, 0.25) is 5.02 Å². The van der Waals surface area contributed by atoms with E-state index in [1.165, 1.54) is 12.1 Å². The second kappa shape index (κ2) is 5.77. The normalized spacial score (nSPS) is 10.6. The average Bonchev–Trinajstić information content (AvgIpc) is 2.75. The summed E-state index contributed by atoms with van der Waals surface area (Å²) in [6.45, 7) is 2.34. The summed E-state index contributed by atoms with van der Waals surface area (Å²) in [5, 5.41) is 18.0. The monoisotopic (exact) mass is 282 g/mol. The molecule has 0 saturated heterocycles. The van der Waals surface area contributed by atoms with Crippen molar-refractivity contribution in [1.29, 1.82) is 0 Å². The van der Waals surface area contributed by atoms with Crippen LogP contribution in [0.3, 0.4) is 0 Å². The molecule has 0 aliphatic carbocycles. The molecule has 0 radical (unpaired) electrons. The molecule has 0 bridgehead atoms. The van der Waals surface area contributed by atoms with E-state index in [0.29, 0.717) is 28.8 Å². The topological polar surface area (TPSA) is 94.1 Å². The highest BCUT2D eigenvalue weighted by Crippen LogP contribution is 2.22. The zero-order valence-corrected chi connectivity index (χ0v) is 10.8. The Kier molecular flexibility index (Phi) is 4.08. The van der Waals surface area contributed by atoms with Crippen LogP contribution in [-0.4, -0.2) is 15.1 Å². The third kappa shape index (κ3) is 3.49. The number of benzene rings is 1. The molecule has 19 heavy (non-hydrogen) atoms. The summed E-state index contributed by atoms with van der Waals surface area (Å²) in [6.07, 6.45) is 0. The van der Waals surface area contributed by atoms with Gasteiger partial charge in [-0.2, -0.15) is 4.98 Å². The van der Waals surface area contributed by atoms with Gasteiger partial charge in [0.05, 0.1) is 11.5 Å². The molecule has 0 unspecified atom stereocenters. The predicted octanol–water partition coefficient (Wildman–Crippen LogP) is 2.23. The predicted molar refractivity (Wildman–Crippen MR) is 67.7 cm³/mol. The fourth-order valence-electron chi connectivity index (χ4n) is 1.59. The van der Waals surface area contributed by atoms with Crippen molar-refractivity contribution in [3.05, 3.63) is 50.6 Å². The first-order valence-electron chi connectivity index (χ1n) is 5.49. The number of halogens is 1. The molecule has 0 spiro atoms. The Bertz CT molecular complexity index is 599. The van der Waals surface area contributed by atoms with Crippen molar-refractivity contribution in [3.63, 3.8) is 0 Å². The summed E-state index contributed by atoms with van der Waals surface area (Å²) in [7, 11) is 0. The SMILES string of the molecule is Cc1noc(CNCc2cc(Cl)ccc2[N+](=O)[O-])n1. The minimum absolute atomic E-state index is 0.0265. The van der Waals surface area contributed by atoms with Crippen molar-refractivity contribution >= 4 is 17.3 Å². The quantitative estimate of drug-likeness (QED) is 0.667. The van der Waals surface area contributed by atoms with E-state index in [0.717, 1.165) is 0 Å². The summed E-state index contributed by atoms with van der Waals surface area (Å²) in [6, 6.07) is 4.44. The smallest absolute Gasteiger partial charge is 0.273 e. The molecule has 100 valence electrons. The summed E-state index contributed by atoms with van der Waals surface area (Å²) >= 11 is 5.83. The Morgan fingerprint density at radius 1 is 1.47 bits per heavy atom. The van der Waals surface area contributed by atoms with Gasteiger partial charge in [0.2, 0.25) is 5.89 Å². The molecule has 0 aliphatic heterocycles. The van der Waals surface area contributed by atoms with Crippen molar-refractivity contribution in [2.75, 3.05) is 0 Å². The van der Waals surface area contributed by atoms with Crippen LogP contribution in [0.1, 0.15) is 17.3 Å². The lowest BCUT2D eigenvalue weighted by molar-refractivity contribution is -0.385. The van der Waals surface area contributed by atoms with Crippen molar-refractivity contribution in [3.8, 4) is 0 Å². The van der Waals surface area contributed by atoms with Crippen molar-refractivity contribution in [1.82, 2.24) is 15.5 Å². The Morgan fingerprint density at radius 2 is 2.26 bits per heavy atom. The van der Waals surface area contributed by atoms with Gasteiger partial charge in [-0.15, -0.1) is 0 Å². The van der Waals surface area contributed by atoms with E-state index in [1.807, 2.05) is 0 Å². The van der Waals surface area contributed by atoms with Gasteiger partial charge in [-0.05, 0) is 19.1 Å². The van der Waals surface area contributed by atoms with E-state index in [4.69, 9.17) is 16.1 Å². The molecule has 0 saturated carbocycles. The maximum absolute atomic E-state index is 10.9. The van der Waals surface area contributed by atoms with Gasteiger partial charge >= 0.3 is 0 Å². The first kappa shape index (κ1) is 13.4. The summed E-state index contributed by atoms with van der Waals surface area (Å²) in [5.74, 6) is 0.979. The minimum Gasteiger partial charge on any atom is -0.338 e. The van der Waals surface area contributed by atoms with Crippen LogP contribution in [0.5, 0.6) is 0 Å². The molecule has 1 N–H and O–H groups in total. The molecule has 2 rings (SSSR count). The van der Waals surface area contributed by atoms with Gasteiger partial charge in [0.1, 0.15) is 0 Å². The van der Waals surface area contributed by atoms with E-state index in [1.54, 1.807) is 13.0 Å². The summed E-state index contributed by atoms with van der Waals surface area (Å²) in [5.41, 5.74) is 0.535.